The SMILES string of the molecule is CCCCCCCCC/C=C/CC/C=C/CC/C=C/C(O)C(COP(=O)(O)OCC[N+](C)(C)C)NC(=O)CCCCCCCCCCCCCCCC. The first-order valence-electron chi connectivity index (χ1n) is 21.9. The van der Waals surface area contributed by atoms with E-state index in [1.54, 1.807) is 6.08 Å². The van der Waals surface area contributed by atoms with Gasteiger partial charge in [0.1, 0.15) is 13.2 Å². The number of carbonyl (C=O) groups is 1. The highest BCUT2D eigenvalue weighted by Crippen LogP contribution is 2.43. The summed E-state index contributed by atoms with van der Waals surface area (Å²) in [6, 6.07) is -0.865. The highest BCUT2D eigenvalue weighted by Gasteiger charge is 2.27. The van der Waals surface area contributed by atoms with Crippen LogP contribution in [-0.4, -0.2) is 73.4 Å². The predicted molar refractivity (Wildman–Crippen MR) is 226 cm³/mol. The van der Waals surface area contributed by atoms with Crippen LogP contribution in [0, 0.1) is 0 Å². The number of carbonyl (C=O) groups excluding carboxylic acids is 1. The minimum absolute atomic E-state index is 0.0545. The average Bonchev–Trinajstić information content (AvgIpc) is 3.10. The minimum Gasteiger partial charge on any atom is -0.387 e. The lowest BCUT2D eigenvalue weighted by molar-refractivity contribution is -0.870. The summed E-state index contributed by atoms with van der Waals surface area (Å²) in [5, 5.41) is 13.8. The molecule has 3 N–H and O–H groups in total. The van der Waals surface area contributed by atoms with Crippen molar-refractivity contribution in [3.8, 4) is 0 Å². The fourth-order valence-electron chi connectivity index (χ4n) is 6.07. The van der Waals surface area contributed by atoms with Gasteiger partial charge in [-0.1, -0.05) is 172 Å². The van der Waals surface area contributed by atoms with Gasteiger partial charge in [0, 0.05) is 6.42 Å². The molecule has 0 fully saturated rings. The normalized spacial score (nSPS) is 14.8. The zero-order valence-electron chi connectivity index (χ0n) is 35.3. The van der Waals surface area contributed by atoms with Crippen LogP contribution in [0.25, 0.3) is 0 Å². The molecule has 0 rings (SSSR count). The first kappa shape index (κ1) is 51.7. The Morgan fingerprint density at radius 1 is 0.623 bits per heavy atom. The van der Waals surface area contributed by atoms with Crippen LogP contribution in [0.5, 0.6) is 0 Å². The Kier molecular flexibility index (Phi) is 35.5. The topological polar surface area (TPSA) is 105 Å². The van der Waals surface area contributed by atoms with Crippen LogP contribution in [0.15, 0.2) is 36.5 Å². The molecular weight excluding hydrogens is 683 g/mol. The number of nitrogens with one attached hydrogen (secondary N) is 1. The van der Waals surface area contributed by atoms with Gasteiger partial charge in [0.2, 0.25) is 5.91 Å². The monoisotopic (exact) mass is 770 g/mol. The standard InChI is InChI=1S/C44H85N2O6P/c1-6-8-10-12-14-16-18-20-22-23-24-25-27-29-31-33-35-37-43(47)42(41-52-53(49,50)51-40-39-46(3,4)5)45-44(48)38-36-34-32-30-28-26-21-19-17-15-13-11-9-7-2/h22-23,27,29,35,37,42-43,47H,6-21,24-26,28,30-34,36,38-41H2,1-5H3,(H-,45,48,49,50)/p+1/b23-22+,29-27+,37-35+. The maximum Gasteiger partial charge on any atom is 0.472 e. The Balaban J connectivity index is 4.52. The molecule has 0 spiro atoms. The van der Waals surface area contributed by atoms with Crippen molar-refractivity contribution in [1.29, 1.82) is 0 Å². The van der Waals surface area contributed by atoms with E-state index in [9.17, 15) is 19.4 Å². The zero-order valence-corrected chi connectivity index (χ0v) is 36.1. The van der Waals surface area contributed by atoms with Crippen LogP contribution in [0.4, 0.5) is 0 Å². The van der Waals surface area contributed by atoms with Gasteiger partial charge >= 0.3 is 7.82 Å². The lowest BCUT2D eigenvalue weighted by atomic mass is 10.0. The van der Waals surface area contributed by atoms with Crippen molar-refractivity contribution in [2.75, 3.05) is 40.9 Å². The Labute approximate surface area is 327 Å². The average molecular weight is 770 g/mol. The maximum absolute atomic E-state index is 12.8. The van der Waals surface area contributed by atoms with Gasteiger partial charge in [0.15, 0.2) is 0 Å². The largest absolute Gasteiger partial charge is 0.472 e. The number of quaternary nitrogens is 1. The number of aliphatic hydroxyl groups is 1. The van der Waals surface area contributed by atoms with E-state index in [2.05, 4.69) is 43.5 Å². The molecule has 0 aliphatic carbocycles. The molecule has 0 heterocycles. The van der Waals surface area contributed by atoms with Crippen LogP contribution >= 0.6 is 7.82 Å². The van der Waals surface area contributed by atoms with Gasteiger partial charge in [0.25, 0.3) is 0 Å². The van der Waals surface area contributed by atoms with Crippen LogP contribution < -0.4 is 5.32 Å². The number of amides is 1. The molecule has 8 nitrogen and oxygen atoms in total. The smallest absolute Gasteiger partial charge is 0.387 e. The quantitative estimate of drug-likeness (QED) is 0.0249. The van der Waals surface area contributed by atoms with Gasteiger partial charge in [-0.3, -0.25) is 13.8 Å². The molecule has 3 unspecified atom stereocenters. The molecule has 0 aliphatic rings. The van der Waals surface area contributed by atoms with Gasteiger partial charge in [-0.25, -0.2) is 4.57 Å². The van der Waals surface area contributed by atoms with Crippen molar-refractivity contribution < 1.29 is 32.9 Å². The molecule has 0 saturated carbocycles. The van der Waals surface area contributed by atoms with Crippen molar-refractivity contribution in [2.24, 2.45) is 0 Å². The van der Waals surface area contributed by atoms with Gasteiger partial charge < -0.3 is 19.8 Å². The molecule has 0 radical (unpaired) electrons. The Bertz CT molecular complexity index is 964. The van der Waals surface area contributed by atoms with E-state index in [0.29, 0.717) is 17.4 Å². The number of hydrogen-bond donors (Lipinski definition) is 3. The summed E-state index contributed by atoms with van der Waals surface area (Å²) < 4.78 is 23.5. The molecule has 0 aromatic heterocycles. The number of unbranched alkanes of at least 4 members (excludes halogenated alkanes) is 22. The van der Waals surface area contributed by atoms with E-state index in [1.165, 1.54) is 122 Å². The van der Waals surface area contributed by atoms with E-state index >= 15 is 0 Å². The van der Waals surface area contributed by atoms with Crippen molar-refractivity contribution in [2.45, 2.75) is 199 Å². The number of allylic oxidation sites excluding steroid dienone is 5. The minimum atomic E-state index is -4.34. The second-order valence-corrected chi connectivity index (χ2v) is 17.5. The maximum atomic E-state index is 12.8. The molecule has 3 atom stereocenters. The first-order valence-corrected chi connectivity index (χ1v) is 23.4. The lowest BCUT2D eigenvalue weighted by Crippen LogP contribution is -2.45. The summed E-state index contributed by atoms with van der Waals surface area (Å²) in [4.78, 5) is 23.1. The van der Waals surface area contributed by atoms with E-state index in [4.69, 9.17) is 9.05 Å². The Hall–Kier alpha value is -1.28. The molecule has 0 aliphatic heterocycles. The third kappa shape index (κ3) is 38.8. The van der Waals surface area contributed by atoms with E-state index < -0.39 is 20.0 Å². The number of nitrogens with zero attached hydrogens (tertiary/aromatic N) is 1. The molecule has 1 amide bonds. The number of likely N-dealkylation sites (N-methyl/N-ethyl adjacent to an activating group) is 1. The first-order chi connectivity index (χ1) is 25.5. The second kappa shape index (κ2) is 36.4. The zero-order chi connectivity index (χ0) is 39.3. The molecular formula is C44H86N2O6P+. The van der Waals surface area contributed by atoms with Gasteiger partial charge in [-0.05, 0) is 44.9 Å². The highest BCUT2D eigenvalue weighted by molar-refractivity contribution is 7.47. The number of phosphoric ester groups is 1. The molecule has 0 saturated heterocycles. The second-order valence-electron chi connectivity index (χ2n) is 16.1. The van der Waals surface area contributed by atoms with E-state index in [-0.39, 0.29) is 19.1 Å². The molecule has 53 heavy (non-hydrogen) atoms. The Morgan fingerprint density at radius 2 is 1.04 bits per heavy atom. The summed E-state index contributed by atoms with van der Waals surface area (Å²) >= 11 is 0. The van der Waals surface area contributed by atoms with Crippen LogP contribution in [0.3, 0.4) is 0 Å². The van der Waals surface area contributed by atoms with E-state index in [1.807, 2.05) is 27.2 Å². The van der Waals surface area contributed by atoms with Crippen molar-refractivity contribution >= 4 is 13.7 Å². The van der Waals surface area contributed by atoms with Crippen molar-refractivity contribution in [3.05, 3.63) is 36.5 Å². The molecule has 9 heteroatoms. The third-order valence-electron chi connectivity index (χ3n) is 9.59. The van der Waals surface area contributed by atoms with E-state index in [0.717, 1.165) is 44.9 Å². The third-order valence-corrected chi connectivity index (χ3v) is 10.6. The summed E-state index contributed by atoms with van der Waals surface area (Å²) in [5.74, 6) is -0.192. The number of phosphoric acid groups is 1. The van der Waals surface area contributed by atoms with Crippen LogP contribution in [0.2, 0.25) is 0 Å². The summed E-state index contributed by atoms with van der Waals surface area (Å²) in [7, 11) is 1.55. The fraction of sp³-hybridized carbons (Fsp3) is 0.841. The summed E-state index contributed by atoms with van der Waals surface area (Å²) in [6.07, 6.45) is 43.5. The fourth-order valence-corrected chi connectivity index (χ4v) is 6.81. The van der Waals surface area contributed by atoms with Crippen LogP contribution in [0.1, 0.15) is 187 Å². The molecule has 312 valence electrons. The van der Waals surface area contributed by atoms with Crippen molar-refractivity contribution in [1.82, 2.24) is 5.32 Å². The van der Waals surface area contributed by atoms with Gasteiger partial charge in [0.05, 0.1) is 39.9 Å². The predicted octanol–water partition coefficient (Wildman–Crippen LogP) is 11.9. The number of rotatable bonds is 39. The molecule has 0 bridgehead atoms. The van der Waals surface area contributed by atoms with Gasteiger partial charge in [-0.2, -0.15) is 0 Å². The Morgan fingerprint density at radius 3 is 1.51 bits per heavy atom. The molecule has 0 aromatic carbocycles. The highest BCUT2D eigenvalue weighted by atomic mass is 31.2. The summed E-state index contributed by atoms with van der Waals surface area (Å²) in [6.45, 7) is 4.77. The lowest BCUT2D eigenvalue weighted by Gasteiger charge is -2.25. The van der Waals surface area contributed by atoms with Crippen LogP contribution in [-0.2, 0) is 18.4 Å². The molecule has 0 aromatic rings. The van der Waals surface area contributed by atoms with Crippen molar-refractivity contribution in [3.63, 3.8) is 0 Å². The van der Waals surface area contributed by atoms with Gasteiger partial charge in [-0.15, -0.1) is 0 Å². The number of hydrogen-bond acceptors (Lipinski definition) is 5. The number of aliphatic hydroxyl groups excluding tert-OH is 1. The summed E-state index contributed by atoms with van der Waals surface area (Å²) in [5.41, 5.74) is 0.